The number of likely N-dealkylation sites (N-methyl/N-ethyl adjacent to an activating group) is 1. The number of nitrogens with zero attached hydrogens (tertiary/aromatic N) is 4. The van der Waals surface area contributed by atoms with Crippen molar-refractivity contribution in [2.24, 2.45) is 5.41 Å². The molecule has 37 heavy (non-hydrogen) atoms. The van der Waals surface area contributed by atoms with Gasteiger partial charge in [0.2, 0.25) is 0 Å². The van der Waals surface area contributed by atoms with Gasteiger partial charge in [-0.25, -0.2) is 9.67 Å². The topological polar surface area (TPSA) is 166 Å². The third-order valence-corrected chi connectivity index (χ3v) is 7.37. The third kappa shape index (κ3) is 4.69. The average Bonchev–Trinajstić information content (AvgIpc) is 3.57. The van der Waals surface area contributed by atoms with Gasteiger partial charge in [0, 0.05) is 18.5 Å². The number of carbonyl (C=O) groups is 1. The van der Waals surface area contributed by atoms with E-state index in [9.17, 15) is 23.6 Å². The van der Waals surface area contributed by atoms with Gasteiger partial charge in [-0.15, -0.1) is 0 Å². The molecule has 0 bridgehead atoms. The molecule has 1 aliphatic carbocycles. The second-order valence-corrected chi connectivity index (χ2v) is 10.2. The normalized spacial score (nSPS) is 15.7. The first-order valence-electron chi connectivity index (χ1n) is 11.3. The van der Waals surface area contributed by atoms with Crippen molar-refractivity contribution < 1.29 is 18.3 Å². The zero-order chi connectivity index (χ0) is 26.3. The van der Waals surface area contributed by atoms with Gasteiger partial charge in [-0.1, -0.05) is 29.8 Å². The van der Waals surface area contributed by atoms with E-state index in [4.69, 9.17) is 16.3 Å². The van der Waals surface area contributed by atoms with E-state index in [0.29, 0.717) is 43.4 Å². The quantitative estimate of drug-likeness (QED) is 0.322. The first-order valence-corrected chi connectivity index (χ1v) is 12.8. The second-order valence-electron chi connectivity index (χ2n) is 8.81. The number of ether oxygens (including phenoxy) is 1. The van der Waals surface area contributed by atoms with Crippen LogP contribution in [-0.4, -0.2) is 48.1 Å². The van der Waals surface area contributed by atoms with Crippen molar-refractivity contribution in [3.8, 4) is 11.8 Å². The molecule has 190 valence electrons. The number of benzene rings is 2. The van der Waals surface area contributed by atoms with Crippen molar-refractivity contribution in [3.63, 3.8) is 0 Å². The van der Waals surface area contributed by atoms with Gasteiger partial charge in [-0.2, -0.15) is 10.4 Å². The Kier molecular flexibility index (Phi) is 6.45. The van der Waals surface area contributed by atoms with Crippen LogP contribution in [0.5, 0.6) is 5.75 Å². The number of imidazole rings is 1. The summed E-state index contributed by atoms with van der Waals surface area (Å²) in [5.74, 6) is -0.00171. The van der Waals surface area contributed by atoms with Gasteiger partial charge >= 0.3 is 0 Å². The van der Waals surface area contributed by atoms with Gasteiger partial charge in [0.05, 0.1) is 45.0 Å². The van der Waals surface area contributed by atoms with Crippen LogP contribution in [0.2, 0.25) is 5.02 Å². The number of rotatable bonds is 8. The van der Waals surface area contributed by atoms with Crippen molar-refractivity contribution in [2.75, 3.05) is 13.7 Å². The molecule has 1 amide bonds. The van der Waals surface area contributed by atoms with Crippen molar-refractivity contribution >= 4 is 50.4 Å². The highest BCUT2D eigenvalue weighted by atomic mass is 35.5. The number of nitriles is 1. The van der Waals surface area contributed by atoms with E-state index >= 15 is 0 Å². The van der Waals surface area contributed by atoms with Crippen molar-refractivity contribution in [1.82, 2.24) is 25.1 Å². The van der Waals surface area contributed by atoms with Gasteiger partial charge < -0.3 is 19.6 Å². The lowest BCUT2D eigenvalue weighted by Gasteiger charge is -2.20. The monoisotopic (exact) mass is 539 g/mol. The Bertz CT molecular complexity index is 1670. The highest BCUT2D eigenvalue weighted by Gasteiger charge is 2.44. The Morgan fingerprint density at radius 2 is 2.11 bits per heavy atom. The summed E-state index contributed by atoms with van der Waals surface area (Å²) in [5, 5.41) is 15.0. The minimum absolute atomic E-state index is 0.104. The number of halogens is 1. The van der Waals surface area contributed by atoms with Crippen LogP contribution in [0.3, 0.4) is 0 Å². The molecule has 0 spiro atoms. The fourth-order valence-corrected chi connectivity index (χ4v) is 4.86. The number of H-pyrrole nitrogens is 1. The number of carbonyl (C=O) groups excluding carboxylic acids is 1. The van der Waals surface area contributed by atoms with Gasteiger partial charge in [-0.05, 0) is 36.1 Å². The summed E-state index contributed by atoms with van der Waals surface area (Å²) in [7, 11) is 1.28. The number of aromatic amines is 1. The maximum absolute atomic E-state index is 13.0. The van der Waals surface area contributed by atoms with Crippen LogP contribution >= 0.6 is 11.6 Å². The summed E-state index contributed by atoms with van der Waals surface area (Å²) in [5.41, 5.74) is 0.389. The molecule has 0 aliphatic heterocycles. The molecule has 1 aliphatic rings. The van der Waals surface area contributed by atoms with Crippen LogP contribution < -0.4 is 15.6 Å². The lowest BCUT2D eigenvalue weighted by molar-refractivity contribution is -0.121. The highest BCUT2D eigenvalue weighted by Crippen LogP contribution is 2.45. The molecule has 2 unspecified atom stereocenters. The van der Waals surface area contributed by atoms with Crippen molar-refractivity contribution in [2.45, 2.75) is 24.6 Å². The predicted molar refractivity (Wildman–Crippen MR) is 135 cm³/mol. The summed E-state index contributed by atoms with van der Waals surface area (Å²) >= 11 is 3.44. The number of amides is 1. The lowest BCUT2D eigenvalue weighted by Crippen LogP contribution is -2.40. The Morgan fingerprint density at radius 1 is 1.38 bits per heavy atom. The average molecular weight is 540 g/mol. The maximum Gasteiger partial charge on any atom is 0.276 e. The number of nitrogens with one attached hydrogen (secondary N) is 2. The molecule has 0 radical (unpaired) electrons. The van der Waals surface area contributed by atoms with Crippen LogP contribution in [0.15, 0.2) is 41.2 Å². The standard InChI is InChI=1S/C24H21ClN6O5S/c1-27-21(32)23(37(34)35)31-22(33)14-5-3-2-4-13(14)16(30-31)10-20-28-17-8-15(25)19(9-18(17)29-20)36-12-24(11-26)6-7-24/h2-5,8-9,23H,6-7,10,12H2,1H3,(H,27,32)(H,28,29)(H,34,35)/p-1. The number of aromatic nitrogens is 4. The van der Waals surface area contributed by atoms with E-state index in [2.05, 4.69) is 26.5 Å². The van der Waals surface area contributed by atoms with E-state index in [1.807, 2.05) is 0 Å². The van der Waals surface area contributed by atoms with Gasteiger partial charge in [0.25, 0.3) is 11.5 Å². The maximum atomic E-state index is 13.0. The summed E-state index contributed by atoms with van der Waals surface area (Å²) in [6, 6.07) is 12.2. The lowest BCUT2D eigenvalue weighted by atomic mass is 10.1. The summed E-state index contributed by atoms with van der Waals surface area (Å²) in [6.45, 7) is 0.247. The molecule has 13 heteroatoms. The molecule has 2 heterocycles. The Morgan fingerprint density at radius 3 is 2.76 bits per heavy atom. The molecule has 2 aromatic carbocycles. The van der Waals surface area contributed by atoms with Gasteiger partial charge in [0.1, 0.15) is 18.2 Å². The van der Waals surface area contributed by atoms with E-state index in [1.54, 1.807) is 36.4 Å². The molecule has 4 aromatic rings. The van der Waals surface area contributed by atoms with E-state index < -0.39 is 33.3 Å². The molecule has 1 fully saturated rings. The second kappa shape index (κ2) is 9.59. The Labute approximate surface area is 217 Å². The smallest absolute Gasteiger partial charge is 0.276 e. The highest BCUT2D eigenvalue weighted by molar-refractivity contribution is 7.80. The first-order chi connectivity index (χ1) is 17.7. The number of hydrogen-bond acceptors (Lipinski definition) is 8. The molecule has 2 aromatic heterocycles. The number of hydrogen-bond donors (Lipinski definition) is 2. The summed E-state index contributed by atoms with van der Waals surface area (Å²) in [6.07, 6.45) is 1.69. The summed E-state index contributed by atoms with van der Waals surface area (Å²) in [4.78, 5) is 33.1. The first kappa shape index (κ1) is 24.9. The molecule has 1 saturated carbocycles. The van der Waals surface area contributed by atoms with Crippen LogP contribution in [0, 0.1) is 16.7 Å². The van der Waals surface area contributed by atoms with Gasteiger partial charge in [0.15, 0.2) is 5.37 Å². The van der Waals surface area contributed by atoms with Crippen LogP contribution in [0.25, 0.3) is 21.8 Å². The molecule has 2 N–H and O–H groups in total. The fraction of sp³-hybridized carbons (Fsp3) is 0.292. The van der Waals surface area contributed by atoms with Gasteiger partial charge in [-0.3, -0.25) is 13.8 Å². The Balaban J connectivity index is 1.53. The van der Waals surface area contributed by atoms with Crippen LogP contribution in [-0.2, 0) is 22.3 Å². The zero-order valence-electron chi connectivity index (χ0n) is 19.5. The molecule has 0 saturated heterocycles. The van der Waals surface area contributed by atoms with Crippen LogP contribution in [0.4, 0.5) is 0 Å². The summed E-state index contributed by atoms with van der Waals surface area (Å²) < 4.78 is 30.2. The molecule has 5 rings (SSSR count). The zero-order valence-corrected chi connectivity index (χ0v) is 21.1. The fourth-order valence-electron chi connectivity index (χ4n) is 4.04. The Hall–Kier alpha value is -3.79. The van der Waals surface area contributed by atoms with Crippen LogP contribution in [0.1, 0.15) is 29.7 Å². The van der Waals surface area contributed by atoms with E-state index in [-0.39, 0.29) is 18.4 Å². The number of fused-ring (bicyclic) bond motifs is 2. The molecule has 2 atom stereocenters. The molecular formula is C24H20ClN6O5S-. The minimum atomic E-state index is -2.95. The largest absolute Gasteiger partial charge is 0.770 e. The third-order valence-electron chi connectivity index (χ3n) is 6.29. The van der Waals surface area contributed by atoms with Crippen molar-refractivity contribution in [1.29, 1.82) is 5.26 Å². The van der Waals surface area contributed by atoms with E-state index in [0.717, 1.165) is 12.8 Å². The predicted octanol–water partition coefficient (Wildman–Crippen LogP) is 2.32. The van der Waals surface area contributed by atoms with Crippen molar-refractivity contribution in [3.05, 3.63) is 63.3 Å². The molecule has 11 nitrogen and oxygen atoms in total. The molecular weight excluding hydrogens is 520 g/mol. The minimum Gasteiger partial charge on any atom is -0.770 e. The SMILES string of the molecule is CNC(=O)C(n1nc(Cc2nc3cc(OCC4(C#N)CC4)c(Cl)cc3[nH]2)c2ccccc2c1=O)S(=O)[O-]. The van der Waals surface area contributed by atoms with E-state index in [1.165, 1.54) is 7.05 Å².